The number of rotatable bonds is 27. The van der Waals surface area contributed by atoms with Gasteiger partial charge in [-0.1, -0.05) is 187 Å². The molecule has 0 amide bonds. The lowest BCUT2D eigenvalue weighted by atomic mass is 10.0. The van der Waals surface area contributed by atoms with E-state index >= 15 is 0 Å². The second-order valence-electron chi connectivity index (χ2n) is 10.00. The Balaban J connectivity index is 2.97. The fourth-order valence-electron chi connectivity index (χ4n) is 4.58. The Kier molecular flexibility index (Phi) is 29.0. The van der Waals surface area contributed by atoms with Gasteiger partial charge in [0.25, 0.3) is 0 Å². The van der Waals surface area contributed by atoms with Crippen LogP contribution in [0.25, 0.3) is 0 Å². The van der Waals surface area contributed by atoms with Gasteiger partial charge in [-0.3, -0.25) is 0 Å². The summed E-state index contributed by atoms with van der Waals surface area (Å²) in [7, 11) is 0. The summed E-state index contributed by atoms with van der Waals surface area (Å²) in [5, 5.41) is 0. The van der Waals surface area contributed by atoms with Crippen LogP contribution in [0.2, 0.25) is 0 Å². The highest BCUT2D eigenvalue weighted by molar-refractivity contribution is 4.64. The van der Waals surface area contributed by atoms with E-state index in [-0.39, 0.29) is 0 Å². The maximum absolute atomic E-state index is 2.56. The maximum Gasteiger partial charge on any atom is -0.0386 e. The number of hydrogen-bond acceptors (Lipinski definition) is 0. The van der Waals surface area contributed by atoms with Gasteiger partial charge in [-0.15, -0.1) is 0 Å². The third-order valence-electron chi connectivity index (χ3n) is 6.77. The Morgan fingerprint density at radius 2 is 0.467 bits per heavy atom. The fraction of sp³-hybridized carbons (Fsp3) is 0.967. The third kappa shape index (κ3) is 28.0. The van der Waals surface area contributed by atoms with E-state index < -0.39 is 0 Å². The van der Waals surface area contributed by atoms with Gasteiger partial charge in [-0.05, 0) is 6.42 Å². The Morgan fingerprint density at radius 3 is 0.700 bits per heavy atom. The summed E-state index contributed by atoms with van der Waals surface area (Å²) in [5.41, 5.74) is 0. The minimum absolute atomic E-state index is 1.36. The molecule has 0 spiro atoms. The molecule has 0 bridgehead atoms. The highest BCUT2D eigenvalue weighted by atomic mass is 14.0. The van der Waals surface area contributed by atoms with E-state index in [0.29, 0.717) is 0 Å². The van der Waals surface area contributed by atoms with Crippen molar-refractivity contribution < 1.29 is 0 Å². The molecule has 0 N–H and O–H groups in total. The van der Waals surface area contributed by atoms with Gasteiger partial charge in [0.15, 0.2) is 0 Å². The van der Waals surface area contributed by atoms with Gasteiger partial charge in [0.2, 0.25) is 0 Å². The maximum atomic E-state index is 2.56. The minimum Gasteiger partial charge on any atom is -0.0654 e. The van der Waals surface area contributed by atoms with Crippen LogP contribution in [0.15, 0.2) is 0 Å². The molecule has 0 heteroatoms. The monoisotopic (exact) mass is 421 g/mol. The standard InChI is InChI=1S/C30H61/c1-3-5-7-9-11-13-15-17-19-21-23-25-27-29-30-28-26-24-22-20-18-16-14-12-10-8-6-4-2/h15H,3-14,16-30H2,1-2H3. The predicted molar refractivity (Wildman–Crippen MR) is 140 cm³/mol. The highest BCUT2D eigenvalue weighted by Gasteiger charge is 1.96. The molecule has 0 aromatic heterocycles. The van der Waals surface area contributed by atoms with Gasteiger partial charge in [0, 0.05) is 0 Å². The van der Waals surface area contributed by atoms with Crippen molar-refractivity contribution in [2.45, 2.75) is 187 Å². The molecule has 0 aliphatic heterocycles. The Morgan fingerprint density at radius 1 is 0.267 bits per heavy atom. The Labute approximate surface area is 193 Å². The first kappa shape index (κ1) is 30.0. The molecule has 0 heterocycles. The number of hydrogen-bond donors (Lipinski definition) is 0. The predicted octanol–water partition coefficient (Wildman–Crippen LogP) is 11.8. The van der Waals surface area contributed by atoms with Crippen molar-refractivity contribution in [1.82, 2.24) is 0 Å². The average molecular weight is 422 g/mol. The molecular formula is C30H61. The van der Waals surface area contributed by atoms with Crippen LogP contribution in [0.5, 0.6) is 0 Å². The van der Waals surface area contributed by atoms with Crippen LogP contribution < -0.4 is 0 Å². The molecule has 0 saturated carbocycles. The average Bonchev–Trinajstić information content (AvgIpc) is 2.76. The lowest BCUT2D eigenvalue weighted by Crippen LogP contribution is -1.85. The summed E-state index contributed by atoms with van der Waals surface area (Å²) in [6.45, 7) is 4.60. The van der Waals surface area contributed by atoms with Crippen molar-refractivity contribution in [3.8, 4) is 0 Å². The molecule has 181 valence electrons. The van der Waals surface area contributed by atoms with E-state index in [2.05, 4.69) is 20.3 Å². The summed E-state index contributed by atoms with van der Waals surface area (Å²) in [5.74, 6) is 0. The largest absolute Gasteiger partial charge is 0.0654 e. The van der Waals surface area contributed by atoms with Gasteiger partial charge in [-0.2, -0.15) is 0 Å². The van der Waals surface area contributed by atoms with Crippen LogP contribution in [0, 0.1) is 6.42 Å². The lowest BCUT2D eigenvalue weighted by Gasteiger charge is -2.04. The topological polar surface area (TPSA) is 0 Å². The third-order valence-corrected chi connectivity index (χ3v) is 6.77. The van der Waals surface area contributed by atoms with E-state index in [4.69, 9.17) is 0 Å². The second kappa shape index (κ2) is 29.0. The molecule has 0 rings (SSSR count). The zero-order valence-corrected chi connectivity index (χ0v) is 21.7. The van der Waals surface area contributed by atoms with Crippen LogP contribution in [-0.2, 0) is 0 Å². The molecule has 1 radical (unpaired) electrons. The summed E-state index contributed by atoms with van der Waals surface area (Å²) < 4.78 is 0. The highest BCUT2D eigenvalue weighted by Crippen LogP contribution is 2.15. The first-order valence-electron chi connectivity index (χ1n) is 14.7. The summed E-state index contributed by atoms with van der Waals surface area (Å²) >= 11 is 0. The van der Waals surface area contributed by atoms with Crippen LogP contribution in [-0.4, -0.2) is 0 Å². The van der Waals surface area contributed by atoms with Gasteiger partial charge in [0.1, 0.15) is 0 Å². The molecule has 0 atom stereocenters. The summed E-state index contributed by atoms with van der Waals surface area (Å²) in [4.78, 5) is 0. The molecule has 0 aliphatic carbocycles. The minimum atomic E-state index is 1.36. The van der Waals surface area contributed by atoms with Crippen LogP contribution in [0.3, 0.4) is 0 Å². The van der Waals surface area contributed by atoms with Crippen molar-refractivity contribution in [3.05, 3.63) is 6.42 Å². The van der Waals surface area contributed by atoms with Gasteiger partial charge in [-0.25, -0.2) is 0 Å². The van der Waals surface area contributed by atoms with E-state index in [1.54, 1.807) is 0 Å². The first-order chi connectivity index (χ1) is 14.9. The molecular weight excluding hydrogens is 360 g/mol. The Bertz CT molecular complexity index is 241. The van der Waals surface area contributed by atoms with Gasteiger partial charge < -0.3 is 0 Å². The fourth-order valence-corrected chi connectivity index (χ4v) is 4.58. The summed E-state index contributed by atoms with van der Waals surface area (Å²) in [6.07, 6.45) is 41.9. The molecule has 30 heavy (non-hydrogen) atoms. The van der Waals surface area contributed by atoms with E-state index in [1.807, 2.05) is 0 Å². The smallest absolute Gasteiger partial charge is 0.0386 e. The SMILES string of the molecule is CCCCCCC[CH]CCCCCCCCCCCCCCCCCCCCCC. The van der Waals surface area contributed by atoms with Crippen LogP contribution in [0.4, 0.5) is 0 Å². The quantitative estimate of drug-likeness (QED) is 0.116. The van der Waals surface area contributed by atoms with Crippen molar-refractivity contribution in [3.63, 3.8) is 0 Å². The van der Waals surface area contributed by atoms with E-state index in [9.17, 15) is 0 Å². The van der Waals surface area contributed by atoms with Gasteiger partial charge >= 0.3 is 0 Å². The van der Waals surface area contributed by atoms with Crippen molar-refractivity contribution >= 4 is 0 Å². The van der Waals surface area contributed by atoms with Crippen molar-refractivity contribution in [1.29, 1.82) is 0 Å². The molecule has 0 fully saturated rings. The summed E-state index contributed by atoms with van der Waals surface area (Å²) in [6, 6.07) is 0. The normalized spacial score (nSPS) is 11.4. The molecule has 0 aromatic rings. The van der Waals surface area contributed by atoms with Crippen LogP contribution >= 0.6 is 0 Å². The van der Waals surface area contributed by atoms with Crippen molar-refractivity contribution in [2.24, 2.45) is 0 Å². The molecule has 0 saturated heterocycles. The molecule has 0 nitrogen and oxygen atoms in total. The zero-order valence-electron chi connectivity index (χ0n) is 21.7. The van der Waals surface area contributed by atoms with E-state index in [0.717, 1.165) is 0 Å². The zero-order chi connectivity index (χ0) is 21.8. The molecule has 0 aromatic carbocycles. The van der Waals surface area contributed by atoms with Crippen LogP contribution in [0.1, 0.15) is 187 Å². The molecule has 0 aliphatic rings. The lowest BCUT2D eigenvalue weighted by molar-refractivity contribution is 0.521. The van der Waals surface area contributed by atoms with Crippen molar-refractivity contribution in [2.75, 3.05) is 0 Å². The van der Waals surface area contributed by atoms with E-state index in [1.165, 1.54) is 173 Å². The Hall–Kier alpha value is 0. The first-order valence-corrected chi connectivity index (χ1v) is 14.7. The van der Waals surface area contributed by atoms with Gasteiger partial charge in [0.05, 0.1) is 0 Å². The molecule has 0 unspecified atom stereocenters. The second-order valence-corrected chi connectivity index (χ2v) is 10.00. The number of unbranched alkanes of at least 4 members (excludes halogenated alkanes) is 27.